The van der Waals surface area contributed by atoms with Crippen LogP contribution in [0.15, 0.2) is 41.0 Å². The van der Waals surface area contributed by atoms with E-state index in [1.54, 1.807) is 6.07 Å². The van der Waals surface area contributed by atoms with Crippen molar-refractivity contribution in [3.63, 3.8) is 0 Å². The lowest BCUT2D eigenvalue weighted by molar-refractivity contribution is -0.140. The zero-order valence-corrected chi connectivity index (χ0v) is 12.0. The Kier molecular flexibility index (Phi) is 4.41. The number of hydrogen-bond donors (Lipinski definition) is 0. The van der Waals surface area contributed by atoms with Crippen LogP contribution in [0.3, 0.4) is 0 Å². The normalized spacial score (nSPS) is 11.5. The van der Waals surface area contributed by atoms with Crippen molar-refractivity contribution in [3.8, 4) is 0 Å². The molecule has 0 bridgehead atoms. The van der Waals surface area contributed by atoms with Gasteiger partial charge in [0.2, 0.25) is 0 Å². The highest BCUT2D eigenvalue weighted by Crippen LogP contribution is 2.32. The molecule has 0 radical (unpaired) electrons. The first-order chi connectivity index (χ1) is 9.79. The minimum atomic E-state index is -4.84. The Morgan fingerprint density at radius 3 is 2.48 bits per heavy atom. The lowest BCUT2D eigenvalue weighted by atomic mass is 10.0. The van der Waals surface area contributed by atoms with Crippen molar-refractivity contribution in [2.75, 3.05) is 0 Å². The molecule has 2 nitrogen and oxygen atoms in total. The van der Waals surface area contributed by atoms with Crippen LogP contribution in [0.5, 0.6) is 0 Å². The Labute approximate surface area is 125 Å². The molecule has 0 saturated carbocycles. The zero-order valence-electron chi connectivity index (χ0n) is 10.4. The molecule has 0 N–H and O–H groups in total. The van der Waals surface area contributed by atoms with Gasteiger partial charge in [0.15, 0.2) is 5.78 Å². The third kappa shape index (κ3) is 3.66. The van der Waals surface area contributed by atoms with Crippen molar-refractivity contribution in [1.29, 1.82) is 0 Å². The van der Waals surface area contributed by atoms with Gasteiger partial charge in [-0.05, 0) is 40.2 Å². The van der Waals surface area contributed by atoms with Gasteiger partial charge in [-0.15, -0.1) is 0 Å². The number of carbonyl (C=O) groups excluding carboxylic acids is 1. The molecule has 1 heterocycles. The van der Waals surface area contributed by atoms with Gasteiger partial charge in [-0.25, -0.2) is 4.39 Å². The second kappa shape index (κ2) is 5.93. The molecule has 110 valence electrons. The van der Waals surface area contributed by atoms with E-state index in [1.165, 1.54) is 12.3 Å². The number of hydrogen-bond acceptors (Lipinski definition) is 2. The molecule has 0 aliphatic heterocycles. The first kappa shape index (κ1) is 15.6. The van der Waals surface area contributed by atoms with Gasteiger partial charge in [0, 0.05) is 16.4 Å². The smallest absolute Gasteiger partial charge is 0.294 e. The van der Waals surface area contributed by atoms with Crippen molar-refractivity contribution >= 4 is 21.7 Å². The summed E-state index contributed by atoms with van der Waals surface area (Å²) in [5, 5.41) is 0. The first-order valence-corrected chi connectivity index (χ1v) is 6.57. The van der Waals surface area contributed by atoms with Crippen molar-refractivity contribution in [1.82, 2.24) is 4.98 Å². The second-order valence-electron chi connectivity index (χ2n) is 4.23. The Hall–Kier alpha value is -1.76. The molecule has 7 heteroatoms. The van der Waals surface area contributed by atoms with E-state index >= 15 is 0 Å². The van der Waals surface area contributed by atoms with E-state index in [-0.39, 0.29) is 6.42 Å². The number of carbonyl (C=O) groups is 1. The molecule has 0 amide bonds. The van der Waals surface area contributed by atoms with Crippen LogP contribution in [0.4, 0.5) is 17.6 Å². The highest BCUT2D eigenvalue weighted by Gasteiger charge is 2.35. The van der Waals surface area contributed by atoms with Crippen molar-refractivity contribution in [2.45, 2.75) is 12.6 Å². The first-order valence-electron chi connectivity index (χ1n) is 5.78. The maximum Gasteiger partial charge on any atom is 0.419 e. The van der Waals surface area contributed by atoms with Gasteiger partial charge in [-0.3, -0.25) is 9.78 Å². The molecule has 2 rings (SSSR count). The van der Waals surface area contributed by atoms with Gasteiger partial charge in [0.05, 0.1) is 17.5 Å². The predicted octanol–water partition coefficient (Wildman–Crippen LogP) is 4.43. The standard InChI is InChI=1S/C14H8BrF4NO/c15-8-4-5-9(20-7-8)6-12(21)10-2-1-3-11(13(10)16)14(17,18)19/h1-5,7H,6H2. The topological polar surface area (TPSA) is 30.0 Å². The Bertz CT molecular complexity index is 668. The molecule has 0 atom stereocenters. The third-order valence-electron chi connectivity index (χ3n) is 2.73. The number of nitrogens with zero attached hydrogens (tertiary/aromatic N) is 1. The minimum absolute atomic E-state index is 0.272. The van der Waals surface area contributed by atoms with Crippen molar-refractivity contribution in [2.24, 2.45) is 0 Å². The number of ketones is 1. The molecular formula is C14H8BrF4NO. The zero-order chi connectivity index (χ0) is 15.6. The summed E-state index contributed by atoms with van der Waals surface area (Å²) < 4.78 is 52.3. The van der Waals surface area contributed by atoms with E-state index in [9.17, 15) is 22.4 Å². The number of Topliss-reactive ketones (excluding diaryl/α,β-unsaturated/α-hetero) is 1. The van der Waals surface area contributed by atoms with Crippen LogP contribution in [0.25, 0.3) is 0 Å². The van der Waals surface area contributed by atoms with Crippen LogP contribution >= 0.6 is 15.9 Å². The number of aromatic nitrogens is 1. The molecular weight excluding hydrogens is 354 g/mol. The quantitative estimate of drug-likeness (QED) is 0.598. The summed E-state index contributed by atoms with van der Waals surface area (Å²) in [5.74, 6) is -2.31. The maximum absolute atomic E-state index is 13.8. The van der Waals surface area contributed by atoms with Crippen molar-refractivity contribution < 1.29 is 22.4 Å². The minimum Gasteiger partial charge on any atom is -0.294 e. The highest BCUT2D eigenvalue weighted by molar-refractivity contribution is 9.10. The van der Waals surface area contributed by atoms with Crippen LogP contribution in [-0.2, 0) is 12.6 Å². The summed E-state index contributed by atoms with van der Waals surface area (Å²) in [7, 11) is 0. The van der Waals surface area contributed by atoms with E-state index in [4.69, 9.17) is 0 Å². The molecule has 1 aromatic heterocycles. The molecule has 1 aromatic carbocycles. The molecule has 0 spiro atoms. The SMILES string of the molecule is O=C(Cc1ccc(Br)cn1)c1cccc(C(F)(F)F)c1F. The number of pyridine rings is 1. The fourth-order valence-electron chi connectivity index (χ4n) is 1.74. The monoisotopic (exact) mass is 361 g/mol. The fraction of sp³-hybridized carbons (Fsp3) is 0.143. The summed E-state index contributed by atoms with van der Waals surface area (Å²) in [6.07, 6.45) is -3.66. The molecule has 0 saturated heterocycles. The van der Waals surface area contributed by atoms with E-state index in [2.05, 4.69) is 20.9 Å². The van der Waals surface area contributed by atoms with Gasteiger partial charge in [0.25, 0.3) is 0 Å². The summed E-state index contributed by atoms with van der Waals surface area (Å²) in [4.78, 5) is 15.9. The summed E-state index contributed by atoms with van der Waals surface area (Å²) >= 11 is 3.17. The highest BCUT2D eigenvalue weighted by atomic mass is 79.9. The van der Waals surface area contributed by atoms with Gasteiger partial charge in [-0.1, -0.05) is 6.07 Å². The Balaban J connectivity index is 2.30. The Morgan fingerprint density at radius 1 is 1.19 bits per heavy atom. The van der Waals surface area contributed by atoms with E-state index in [0.717, 1.165) is 12.1 Å². The van der Waals surface area contributed by atoms with Crippen LogP contribution in [0, 0.1) is 5.82 Å². The van der Waals surface area contributed by atoms with Gasteiger partial charge in [0.1, 0.15) is 5.82 Å². The number of alkyl halides is 3. The molecule has 2 aromatic rings. The fourth-order valence-corrected chi connectivity index (χ4v) is 1.97. The van der Waals surface area contributed by atoms with Crippen LogP contribution < -0.4 is 0 Å². The van der Waals surface area contributed by atoms with Gasteiger partial charge >= 0.3 is 6.18 Å². The average Bonchev–Trinajstić information content (AvgIpc) is 2.40. The predicted molar refractivity (Wildman–Crippen MR) is 71.4 cm³/mol. The van der Waals surface area contributed by atoms with Crippen LogP contribution in [-0.4, -0.2) is 10.8 Å². The van der Waals surface area contributed by atoms with E-state index in [0.29, 0.717) is 16.2 Å². The van der Waals surface area contributed by atoms with E-state index < -0.39 is 28.9 Å². The lowest BCUT2D eigenvalue weighted by Crippen LogP contribution is -2.14. The summed E-state index contributed by atoms with van der Waals surface area (Å²) in [6, 6.07) is 5.81. The molecule has 21 heavy (non-hydrogen) atoms. The average molecular weight is 362 g/mol. The molecule has 0 aliphatic carbocycles. The number of benzene rings is 1. The van der Waals surface area contributed by atoms with Gasteiger partial charge in [-0.2, -0.15) is 13.2 Å². The van der Waals surface area contributed by atoms with Gasteiger partial charge < -0.3 is 0 Å². The largest absolute Gasteiger partial charge is 0.419 e. The van der Waals surface area contributed by atoms with Crippen LogP contribution in [0.2, 0.25) is 0 Å². The molecule has 0 fully saturated rings. The molecule has 0 unspecified atom stereocenters. The number of halogens is 5. The third-order valence-corrected chi connectivity index (χ3v) is 3.20. The number of rotatable bonds is 3. The molecule has 0 aliphatic rings. The summed E-state index contributed by atoms with van der Waals surface area (Å²) in [5.41, 5.74) is -1.69. The second-order valence-corrected chi connectivity index (χ2v) is 5.15. The van der Waals surface area contributed by atoms with E-state index in [1.807, 2.05) is 0 Å². The Morgan fingerprint density at radius 2 is 1.90 bits per heavy atom. The van der Waals surface area contributed by atoms with Crippen LogP contribution in [0.1, 0.15) is 21.6 Å². The maximum atomic E-state index is 13.8. The summed E-state index contributed by atoms with van der Waals surface area (Å²) in [6.45, 7) is 0. The lowest BCUT2D eigenvalue weighted by Gasteiger charge is -2.10. The van der Waals surface area contributed by atoms with Crippen molar-refractivity contribution in [3.05, 3.63) is 63.6 Å².